The molecule has 0 unspecified atom stereocenters. The number of hydrogen-bond donors (Lipinski definition) is 22. The average Bonchev–Trinajstić information content (AvgIpc) is 0.817. The van der Waals surface area contributed by atoms with Crippen LogP contribution < -0.4 is 143 Å². The van der Waals surface area contributed by atoms with Gasteiger partial charge < -0.3 is 98.2 Å². The van der Waals surface area contributed by atoms with Crippen molar-refractivity contribution in [2.75, 3.05) is 32.7 Å². The molecule has 47 nitrogen and oxygen atoms in total. The van der Waals surface area contributed by atoms with E-state index in [-0.39, 0.29) is 132 Å². The second-order valence-corrected chi connectivity index (χ2v) is 38.9. The van der Waals surface area contributed by atoms with E-state index < -0.39 is 225 Å². The van der Waals surface area contributed by atoms with Crippen molar-refractivity contribution in [1.82, 2.24) is 102 Å². The Balaban J connectivity index is 0.929. The van der Waals surface area contributed by atoms with Gasteiger partial charge in [0.25, 0.3) is 22.2 Å². The highest BCUT2D eigenvalue weighted by Gasteiger charge is 2.40. The van der Waals surface area contributed by atoms with Crippen LogP contribution in [0.15, 0.2) is 63.1 Å². The number of nitrogens with two attached hydrogens (primary N) is 6. The Labute approximate surface area is 822 Å². The monoisotopic (exact) mass is 1990 g/mol. The second-order valence-electron chi connectivity index (χ2n) is 38.9. The molecule has 0 aliphatic heterocycles. The average molecular weight is 1990 g/mol. The lowest BCUT2D eigenvalue weighted by molar-refractivity contribution is -0.132. The van der Waals surface area contributed by atoms with E-state index >= 15 is 0 Å². The topological polar surface area (TPSA) is 742 Å². The molecular weight excluding hydrogens is 1840 g/mol. The zero-order valence-electron chi connectivity index (χ0n) is 82.4. The van der Waals surface area contributed by atoms with Gasteiger partial charge in [0.05, 0.1) is 47.8 Å². The fourth-order valence-electron chi connectivity index (χ4n) is 19.4. The number of nitrogens with one attached hydrogen (secondary N) is 16. The van der Waals surface area contributed by atoms with Crippen molar-refractivity contribution >= 4 is 76.8 Å². The van der Waals surface area contributed by atoms with E-state index in [1.807, 2.05) is 0 Å². The molecule has 4 aliphatic rings. The van der Waals surface area contributed by atoms with Crippen molar-refractivity contribution < 1.29 is 62.3 Å². The number of carbonyl (C=O) groups excluding carboxylic acids is 13. The Hall–Kier alpha value is -12.4. The van der Waals surface area contributed by atoms with Crippen LogP contribution in [0, 0.1) is 51.4 Å². The Morgan fingerprint density at radius 1 is 0.310 bits per heavy atom. The number of nitrogens with zero attached hydrogens (tertiary/aromatic N) is 4. The van der Waals surface area contributed by atoms with Crippen LogP contribution in [0.25, 0.3) is 0 Å². The maximum absolute atomic E-state index is 14.9. The normalized spacial score (nSPS) is 19.7. The summed E-state index contributed by atoms with van der Waals surface area (Å²) in [6.45, 7) is 6.08. The molecule has 0 spiro atoms. The first kappa shape index (κ1) is 115. The van der Waals surface area contributed by atoms with Crippen molar-refractivity contribution in [3.63, 3.8) is 0 Å². The number of unbranched alkanes of at least 4 members (excludes halogenated alkanes) is 4. The largest absolute Gasteiger partial charge is 0.370 e. The van der Waals surface area contributed by atoms with Gasteiger partial charge in [-0.1, -0.05) is 77.0 Å². The molecule has 8 rings (SSSR count). The summed E-state index contributed by atoms with van der Waals surface area (Å²) in [5, 5.41) is 35.3. The molecule has 13 amide bonds. The van der Waals surface area contributed by atoms with Crippen LogP contribution >= 0.6 is 0 Å². The van der Waals surface area contributed by atoms with Gasteiger partial charge in [0.1, 0.15) is 0 Å². The third kappa shape index (κ3) is 38.8. The van der Waals surface area contributed by atoms with Gasteiger partial charge in [-0.25, -0.2) is 19.2 Å². The summed E-state index contributed by atoms with van der Waals surface area (Å²) in [5.74, 6) is -10.3. The van der Waals surface area contributed by atoms with Gasteiger partial charge in [-0.05, 0) is 157 Å². The zero-order chi connectivity index (χ0) is 104. The Kier molecular flexibility index (Phi) is 47.6. The van der Waals surface area contributed by atoms with E-state index in [0.717, 1.165) is 13.7 Å². The molecule has 28 N–H and O–H groups in total. The molecule has 4 heterocycles. The molecule has 788 valence electrons. The number of aryl methyl sites for hydroxylation is 4. The van der Waals surface area contributed by atoms with E-state index in [9.17, 15) is 101 Å². The first-order chi connectivity index (χ1) is 67.8. The minimum Gasteiger partial charge on any atom is -0.370 e. The highest BCUT2D eigenvalue weighted by Crippen LogP contribution is 2.31. The van der Waals surface area contributed by atoms with E-state index in [1.54, 1.807) is 0 Å². The molecule has 142 heavy (non-hydrogen) atoms. The lowest BCUT2D eigenvalue weighted by Gasteiger charge is -2.33. The lowest BCUT2D eigenvalue weighted by Crippen LogP contribution is -2.53. The molecule has 4 aliphatic carbocycles. The highest BCUT2D eigenvalue weighted by atomic mass is 16.2. The minimum atomic E-state index is -1.17. The summed E-state index contributed by atoms with van der Waals surface area (Å²) in [4.78, 5) is 296. The highest BCUT2D eigenvalue weighted by molar-refractivity contribution is 5.88. The zero-order valence-corrected chi connectivity index (χ0v) is 82.4. The summed E-state index contributed by atoms with van der Waals surface area (Å²) < 4.78 is 4.62. The Bertz CT molecular complexity index is 5440. The fraction of sp³-hybridized carbons (Fsp3) is 0.695. The van der Waals surface area contributed by atoms with E-state index in [4.69, 9.17) is 34.4 Å². The van der Waals surface area contributed by atoms with Crippen LogP contribution in [0.4, 0.5) is 0 Å². The molecule has 4 saturated carbocycles. The lowest BCUT2D eigenvalue weighted by atomic mass is 9.83. The number of rotatable bonds is 58. The molecule has 16 atom stereocenters. The van der Waals surface area contributed by atoms with Crippen molar-refractivity contribution in [3.8, 4) is 0 Å². The summed E-state index contributed by atoms with van der Waals surface area (Å²) in [6, 6.07) is -10.3. The van der Waals surface area contributed by atoms with Crippen LogP contribution in [-0.4, -0.2) is 220 Å². The standard InChI is InChI=1S/C95H152N26O21/c1-55-47-118(92(139)114-84(55)131)51-63(103-76(123)39-59(100)21-13-17-34-96)43-81(128)111-72-30-10-6-26-68(72)89(136)107-61(23-15-19-36-98)41-78(125)105-65(53-120-49-57(3)86(133)116-94(120)141)45-83(130)113-74-32-12-8-28-70(74)91(138)109-62(24-16-20-37-99)42-79(126)106-66(54-121-50-58(4)87(134)117-95(121)142)46-82(129)112-73-31-11-7-27-69(73)90(137)108-60(22-14-18-35-97)40-77(124)104-64(52-119-48-56(2)85(132)115-93(119)140)44-80(127)110-71-29-9-5-25-67(71)88(135)102-38-33-75(101)122/h47-50,59-74H,5-46,51-54,96-100H2,1-4H3,(H2,101,122)(H,102,135)(H,103,123)(H,104,124)(H,105,125)(H,106,126)(H,107,136)(H,108,137)(H,109,138)(H,110,127)(H,111,128)(H,112,129)(H,113,130)(H,114,131,139)(H,115,132,140)(H,116,133,141)(H,117,134,142)/t59-,60-,61-,62-,63+,64+,65+,66+,67-,68-,69-,70-,71-,72-,73-,74-/m1/s1. The summed E-state index contributed by atoms with van der Waals surface area (Å²) in [6.07, 6.45) is 15.9. The molecule has 0 aromatic carbocycles. The van der Waals surface area contributed by atoms with Crippen molar-refractivity contribution in [2.45, 2.75) is 364 Å². The maximum Gasteiger partial charge on any atom is 0.328 e. The van der Waals surface area contributed by atoms with Crippen molar-refractivity contribution in [3.05, 3.63) is 130 Å². The van der Waals surface area contributed by atoms with E-state index in [2.05, 4.69) is 83.7 Å². The summed E-state index contributed by atoms with van der Waals surface area (Å²) >= 11 is 0. The second kappa shape index (κ2) is 58.9. The minimum absolute atomic E-state index is 0.0110. The van der Waals surface area contributed by atoms with Crippen LogP contribution in [-0.2, 0) is 88.5 Å². The van der Waals surface area contributed by atoms with Gasteiger partial charge in [-0.3, -0.25) is 120 Å². The van der Waals surface area contributed by atoms with Gasteiger partial charge in [0.2, 0.25) is 76.8 Å². The summed E-state index contributed by atoms with van der Waals surface area (Å²) in [7, 11) is 0. The third-order valence-corrected chi connectivity index (χ3v) is 26.9. The van der Waals surface area contributed by atoms with Crippen LogP contribution in [0.3, 0.4) is 0 Å². The smallest absolute Gasteiger partial charge is 0.328 e. The number of aromatic amines is 4. The first-order valence-corrected chi connectivity index (χ1v) is 50.4. The number of carbonyl (C=O) groups is 13. The number of amides is 13. The first-order valence-electron chi connectivity index (χ1n) is 50.4. The number of aromatic nitrogens is 8. The van der Waals surface area contributed by atoms with Gasteiger partial charge in [-0.2, -0.15) is 0 Å². The number of hydrogen-bond acceptors (Lipinski definition) is 26. The predicted molar refractivity (Wildman–Crippen MR) is 527 cm³/mol. The Morgan fingerprint density at radius 3 is 0.796 bits per heavy atom. The quantitative estimate of drug-likeness (QED) is 0.0191. The van der Waals surface area contributed by atoms with E-state index in [1.165, 1.54) is 57.0 Å². The molecule has 4 aromatic heterocycles. The third-order valence-electron chi connectivity index (χ3n) is 26.9. The van der Waals surface area contributed by atoms with E-state index in [0.29, 0.717) is 180 Å². The van der Waals surface area contributed by atoms with Crippen LogP contribution in [0.1, 0.15) is 260 Å². The molecule has 0 bridgehead atoms. The molecule has 4 fully saturated rings. The SMILES string of the molecule is Cc1cn(C[C@H](CC(=O)N[C@@H]2CCCC[C@H]2C(=O)NCCC(N)=O)NC(=O)C[C@@H](CCCCN)NC(=O)[C@@H]2CCCC[C@H]2NC(=O)C[C@@H](Cn2cc(C)c(=O)[nH]c2=O)NC(=O)C[C@@H](CCCCN)NC(=O)[C@@H]2CCCC[C@H]2NC(=O)C[C@@H](Cn2cc(C)c(=O)[nH]c2=O)NC(=O)C[C@@H](CCCCN)NC(=O)[C@@H]2CCCC[C@H]2NC(=O)C[C@@H](Cn2cc(C)c(=O)[nH]c2=O)NC(=O)C[C@H](N)CCCCN)c(=O)[nH]c1=O. The predicted octanol–water partition coefficient (Wildman–Crippen LogP) is -3.53. The van der Waals surface area contributed by atoms with Crippen LogP contribution in [0.5, 0.6) is 0 Å². The Morgan fingerprint density at radius 2 is 0.542 bits per heavy atom. The molecule has 0 saturated heterocycles. The van der Waals surface area contributed by atoms with Crippen molar-refractivity contribution in [2.24, 2.45) is 58.1 Å². The van der Waals surface area contributed by atoms with Gasteiger partial charge in [0.15, 0.2) is 0 Å². The summed E-state index contributed by atoms with van der Waals surface area (Å²) in [5.41, 5.74) is 29.9. The fourth-order valence-corrected chi connectivity index (χ4v) is 19.4. The molecular formula is C95H152N26O21. The van der Waals surface area contributed by atoms with Crippen LogP contribution in [0.2, 0.25) is 0 Å². The molecule has 4 aromatic rings. The molecule has 47 heteroatoms. The number of H-pyrrole nitrogens is 4. The van der Waals surface area contributed by atoms with Gasteiger partial charge in [-0.15, -0.1) is 0 Å². The van der Waals surface area contributed by atoms with Gasteiger partial charge in [0, 0.05) is 186 Å². The maximum atomic E-state index is 14.9. The van der Waals surface area contributed by atoms with Gasteiger partial charge >= 0.3 is 22.8 Å². The van der Waals surface area contributed by atoms with Crippen molar-refractivity contribution in [1.29, 1.82) is 0 Å². The molecule has 0 radical (unpaired) electrons. The number of primary amides is 1.